The van der Waals surface area contributed by atoms with Crippen LogP contribution in [-0.2, 0) is 4.74 Å². The lowest BCUT2D eigenvalue weighted by Gasteiger charge is -2.34. The molecule has 1 heterocycles. The molecule has 1 N–H and O–H groups in total. The van der Waals surface area contributed by atoms with Gasteiger partial charge < -0.3 is 14.7 Å². The van der Waals surface area contributed by atoms with Gasteiger partial charge >= 0.3 is 6.09 Å². The molecular formula is C18H26BrNO3. The Labute approximate surface area is 147 Å². The second-order valence-electron chi connectivity index (χ2n) is 7.22. The first-order valence-corrected chi connectivity index (χ1v) is 8.95. The average molecular weight is 384 g/mol. The van der Waals surface area contributed by atoms with Crippen LogP contribution >= 0.6 is 15.9 Å². The SMILES string of the molecule is CC(C)(C)OC(=O)N1CCC(C[C@H](O)c2cccc(Br)c2)CC1. The Hall–Kier alpha value is -1.07. The van der Waals surface area contributed by atoms with Crippen molar-refractivity contribution in [2.24, 2.45) is 5.92 Å². The molecule has 0 aliphatic carbocycles. The molecule has 0 spiro atoms. The van der Waals surface area contributed by atoms with Gasteiger partial charge in [0.25, 0.3) is 0 Å². The predicted octanol–water partition coefficient (Wildman–Crippen LogP) is 4.52. The van der Waals surface area contributed by atoms with Crippen LogP contribution in [0, 0.1) is 5.92 Å². The smallest absolute Gasteiger partial charge is 0.410 e. The van der Waals surface area contributed by atoms with E-state index >= 15 is 0 Å². The molecule has 128 valence electrons. The molecule has 0 saturated carbocycles. The van der Waals surface area contributed by atoms with Gasteiger partial charge in [-0.1, -0.05) is 28.1 Å². The van der Waals surface area contributed by atoms with Gasteiger partial charge in [0.2, 0.25) is 0 Å². The number of carbonyl (C=O) groups excluding carboxylic acids is 1. The maximum absolute atomic E-state index is 12.1. The van der Waals surface area contributed by atoms with Gasteiger partial charge in [0, 0.05) is 17.6 Å². The van der Waals surface area contributed by atoms with Crippen LogP contribution in [0.2, 0.25) is 0 Å². The van der Waals surface area contributed by atoms with Crippen molar-refractivity contribution in [1.29, 1.82) is 0 Å². The molecule has 0 radical (unpaired) electrons. The number of amides is 1. The zero-order valence-corrected chi connectivity index (χ0v) is 15.7. The van der Waals surface area contributed by atoms with Crippen molar-refractivity contribution in [1.82, 2.24) is 4.90 Å². The van der Waals surface area contributed by atoms with Gasteiger partial charge in [-0.15, -0.1) is 0 Å². The Morgan fingerprint density at radius 1 is 1.39 bits per heavy atom. The molecule has 1 aromatic rings. The summed E-state index contributed by atoms with van der Waals surface area (Å²) in [4.78, 5) is 13.8. The molecular weight excluding hydrogens is 358 g/mol. The summed E-state index contributed by atoms with van der Waals surface area (Å²) in [5, 5.41) is 10.4. The number of aliphatic hydroxyl groups is 1. The first kappa shape index (κ1) is 18.3. The predicted molar refractivity (Wildman–Crippen MR) is 94.2 cm³/mol. The Bertz CT molecular complexity index is 533. The first-order chi connectivity index (χ1) is 10.7. The Balaban J connectivity index is 1.81. The zero-order valence-electron chi connectivity index (χ0n) is 14.1. The van der Waals surface area contributed by atoms with E-state index in [-0.39, 0.29) is 6.09 Å². The number of carbonyl (C=O) groups is 1. The van der Waals surface area contributed by atoms with Crippen LogP contribution < -0.4 is 0 Å². The Kier molecular flexibility index (Phi) is 6.09. The molecule has 1 aromatic carbocycles. The lowest BCUT2D eigenvalue weighted by atomic mass is 9.89. The fraction of sp³-hybridized carbons (Fsp3) is 0.611. The zero-order chi connectivity index (χ0) is 17.0. The number of rotatable bonds is 3. The Morgan fingerprint density at radius 2 is 2.04 bits per heavy atom. The third kappa shape index (κ3) is 5.81. The van der Waals surface area contributed by atoms with E-state index in [1.54, 1.807) is 4.90 Å². The van der Waals surface area contributed by atoms with Crippen molar-refractivity contribution in [3.8, 4) is 0 Å². The molecule has 4 nitrogen and oxygen atoms in total. The highest BCUT2D eigenvalue weighted by Gasteiger charge is 2.28. The van der Waals surface area contributed by atoms with Crippen molar-refractivity contribution >= 4 is 22.0 Å². The van der Waals surface area contributed by atoms with Crippen molar-refractivity contribution < 1.29 is 14.6 Å². The summed E-state index contributed by atoms with van der Waals surface area (Å²) in [6.45, 7) is 7.04. The van der Waals surface area contributed by atoms with Gasteiger partial charge in [0.05, 0.1) is 6.10 Å². The quantitative estimate of drug-likeness (QED) is 0.834. The molecule has 1 amide bonds. The molecule has 1 fully saturated rings. The van der Waals surface area contributed by atoms with Gasteiger partial charge in [-0.25, -0.2) is 4.79 Å². The number of hydrogen-bond donors (Lipinski definition) is 1. The summed E-state index contributed by atoms with van der Waals surface area (Å²) in [5.74, 6) is 0.433. The van der Waals surface area contributed by atoms with E-state index in [0.29, 0.717) is 19.0 Å². The van der Waals surface area contributed by atoms with Crippen LogP contribution in [0.1, 0.15) is 51.7 Å². The molecule has 1 atom stereocenters. The van der Waals surface area contributed by atoms with Crippen LogP contribution in [0.15, 0.2) is 28.7 Å². The highest BCUT2D eigenvalue weighted by Crippen LogP contribution is 2.29. The third-order valence-corrected chi connectivity index (χ3v) is 4.55. The first-order valence-electron chi connectivity index (χ1n) is 8.16. The van der Waals surface area contributed by atoms with Crippen LogP contribution in [0.25, 0.3) is 0 Å². The van der Waals surface area contributed by atoms with E-state index in [0.717, 1.165) is 29.3 Å². The van der Waals surface area contributed by atoms with Gasteiger partial charge in [0.1, 0.15) is 5.60 Å². The van der Waals surface area contributed by atoms with Crippen molar-refractivity contribution in [3.63, 3.8) is 0 Å². The highest BCUT2D eigenvalue weighted by atomic mass is 79.9. The fourth-order valence-electron chi connectivity index (χ4n) is 2.84. The molecule has 0 aromatic heterocycles. The maximum atomic E-state index is 12.1. The van der Waals surface area contributed by atoms with Gasteiger partial charge in [-0.2, -0.15) is 0 Å². The van der Waals surface area contributed by atoms with E-state index in [1.807, 2.05) is 45.0 Å². The molecule has 1 saturated heterocycles. The summed E-state index contributed by atoms with van der Waals surface area (Å²) in [6.07, 6.45) is 1.86. The van der Waals surface area contributed by atoms with Gasteiger partial charge in [0.15, 0.2) is 0 Å². The number of likely N-dealkylation sites (tertiary alicyclic amines) is 1. The molecule has 1 aliphatic rings. The molecule has 2 rings (SSSR count). The minimum Gasteiger partial charge on any atom is -0.444 e. The van der Waals surface area contributed by atoms with Gasteiger partial charge in [-0.3, -0.25) is 0 Å². The summed E-state index contributed by atoms with van der Waals surface area (Å²) >= 11 is 3.43. The van der Waals surface area contributed by atoms with E-state index in [1.165, 1.54) is 0 Å². The normalized spacial score (nSPS) is 17.9. The van der Waals surface area contributed by atoms with Crippen LogP contribution in [0.3, 0.4) is 0 Å². The minimum atomic E-state index is -0.454. The maximum Gasteiger partial charge on any atom is 0.410 e. The molecule has 0 unspecified atom stereocenters. The summed E-state index contributed by atoms with van der Waals surface area (Å²) in [7, 11) is 0. The number of hydrogen-bond acceptors (Lipinski definition) is 3. The van der Waals surface area contributed by atoms with Crippen LogP contribution in [-0.4, -0.2) is 34.8 Å². The number of halogens is 1. The summed E-state index contributed by atoms with van der Waals surface area (Å²) in [5.41, 5.74) is 0.485. The fourth-order valence-corrected chi connectivity index (χ4v) is 3.26. The Morgan fingerprint density at radius 3 is 2.61 bits per heavy atom. The number of ether oxygens (including phenoxy) is 1. The number of piperidine rings is 1. The van der Waals surface area contributed by atoms with Crippen molar-refractivity contribution in [2.75, 3.05) is 13.1 Å². The standard InChI is InChI=1S/C18H26BrNO3/c1-18(2,3)23-17(22)20-9-7-13(8-10-20)11-16(21)14-5-4-6-15(19)12-14/h4-6,12-13,16,21H,7-11H2,1-3H3/t16-/m0/s1. The number of aliphatic hydroxyl groups excluding tert-OH is 1. The number of nitrogens with zero attached hydrogens (tertiary/aromatic N) is 1. The van der Waals surface area contributed by atoms with Crippen LogP contribution in [0.5, 0.6) is 0 Å². The lowest BCUT2D eigenvalue weighted by molar-refractivity contribution is 0.0161. The average Bonchev–Trinajstić information content (AvgIpc) is 2.46. The monoisotopic (exact) mass is 383 g/mol. The van der Waals surface area contributed by atoms with E-state index in [9.17, 15) is 9.90 Å². The molecule has 5 heteroatoms. The molecule has 1 aliphatic heterocycles. The topological polar surface area (TPSA) is 49.8 Å². The largest absolute Gasteiger partial charge is 0.444 e. The third-order valence-electron chi connectivity index (χ3n) is 4.06. The summed E-state index contributed by atoms with van der Waals surface area (Å²) in [6, 6.07) is 7.80. The molecule has 0 bridgehead atoms. The highest BCUT2D eigenvalue weighted by molar-refractivity contribution is 9.10. The van der Waals surface area contributed by atoms with E-state index in [2.05, 4.69) is 15.9 Å². The number of benzene rings is 1. The van der Waals surface area contributed by atoms with Crippen molar-refractivity contribution in [3.05, 3.63) is 34.3 Å². The van der Waals surface area contributed by atoms with E-state index < -0.39 is 11.7 Å². The second kappa shape index (κ2) is 7.67. The van der Waals surface area contributed by atoms with Gasteiger partial charge in [-0.05, 0) is 63.6 Å². The van der Waals surface area contributed by atoms with Crippen LogP contribution in [0.4, 0.5) is 4.79 Å². The second-order valence-corrected chi connectivity index (χ2v) is 8.13. The minimum absolute atomic E-state index is 0.233. The lowest BCUT2D eigenvalue weighted by Crippen LogP contribution is -2.41. The van der Waals surface area contributed by atoms with E-state index in [4.69, 9.17) is 4.74 Å². The molecule has 23 heavy (non-hydrogen) atoms. The van der Waals surface area contributed by atoms with Crippen molar-refractivity contribution in [2.45, 2.75) is 51.7 Å². The summed E-state index contributed by atoms with van der Waals surface area (Å²) < 4.78 is 6.39.